The van der Waals surface area contributed by atoms with Gasteiger partial charge in [-0.1, -0.05) is 30.4 Å². The molecule has 0 saturated carbocycles. The van der Waals surface area contributed by atoms with Gasteiger partial charge in [0.15, 0.2) is 0 Å². The van der Waals surface area contributed by atoms with Crippen molar-refractivity contribution in [2.75, 3.05) is 6.61 Å². The van der Waals surface area contributed by atoms with Crippen molar-refractivity contribution in [1.82, 2.24) is 0 Å². The molecule has 1 aromatic rings. The lowest BCUT2D eigenvalue weighted by Gasteiger charge is -2.15. The summed E-state index contributed by atoms with van der Waals surface area (Å²) in [6.07, 6.45) is 7.46. The SMILES string of the molecule is Cc1cc(O)c2c(c1)/C=C/CC(O)C(O)C/C=C\CCOC2.O.O. The van der Waals surface area contributed by atoms with Crippen molar-refractivity contribution in [2.45, 2.75) is 45.0 Å². The van der Waals surface area contributed by atoms with Gasteiger partial charge in [0.2, 0.25) is 0 Å². The van der Waals surface area contributed by atoms with Crippen LogP contribution in [-0.2, 0) is 11.3 Å². The molecule has 7 N–H and O–H groups in total. The summed E-state index contributed by atoms with van der Waals surface area (Å²) >= 11 is 0. The minimum absolute atomic E-state index is 0. The summed E-state index contributed by atoms with van der Waals surface area (Å²) in [6, 6.07) is 3.70. The highest BCUT2D eigenvalue weighted by Crippen LogP contribution is 2.26. The van der Waals surface area contributed by atoms with Gasteiger partial charge >= 0.3 is 0 Å². The van der Waals surface area contributed by atoms with E-state index in [0.29, 0.717) is 26.1 Å². The highest BCUT2D eigenvalue weighted by Gasteiger charge is 2.13. The first-order valence-corrected chi connectivity index (χ1v) is 7.66. The maximum Gasteiger partial charge on any atom is 0.121 e. The van der Waals surface area contributed by atoms with E-state index in [1.807, 2.05) is 37.3 Å². The van der Waals surface area contributed by atoms with Crippen LogP contribution in [-0.4, -0.2) is 45.1 Å². The number of aliphatic hydroxyl groups is 2. The molecule has 24 heavy (non-hydrogen) atoms. The molecular formula is C18H28O6. The van der Waals surface area contributed by atoms with Crippen molar-refractivity contribution >= 4 is 6.08 Å². The Kier molecular flexibility index (Phi) is 10.2. The number of aromatic hydroxyl groups is 1. The lowest BCUT2D eigenvalue weighted by atomic mass is 10.0. The highest BCUT2D eigenvalue weighted by atomic mass is 16.5. The number of phenolic OH excluding ortho intramolecular Hbond substituents is 1. The monoisotopic (exact) mass is 340 g/mol. The number of ether oxygens (including phenoxy) is 1. The third-order valence-corrected chi connectivity index (χ3v) is 3.74. The van der Waals surface area contributed by atoms with Gasteiger partial charge in [0.25, 0.3) is 0 Å². The first-order valence-electron chi connectivity index (χ1n) is 7.66. The van der Waals surface area contributed by atoms with E-state index in [-0.39, 0.29) is 16.7 Å². The van der Waals surface area contributed by atoms with Gasteiger partial charge in [-0.25, -0.2) is 0 Å². The molecule has 6 nitrogen and oxygen atoms in total. The summed E-state index contributed by atoms with van der Waals surface area (Å²) < 4.78 is 5.62. The first kappa shape index (κ1) is 22.3. The van der Waals surface area contributed by atoms with Crippen molar-refractivity contribution in [1.29, 1.82) is 0 Å². The second-order valence-corrected chi connectivity index (χ2v) is 5.67. The summed E-state index contributed by atoms with van der Waals surface area (Å²) in [7, 11) is 0. The van der Waals surface area contributed by atoms with E-state index in [2.05, 4.69) is 0 Å². The second kappa shape index (κ2) is 11.0. The molecule has 2 rings (SSSR count). The average Bonchev–Trinajstić information content (AvgIpc) is 2.47. The molecule has 1 heterocycles. The van der Waals surface area contributed by atoms with Crippen LogP contribution >= 0.6 is 0 Å². The summed E-state index contributed by atoms with van der Waals surface area (Å²) in [5, 5.41) is 29.9. The standard InChI is InChI=1S/C18H24O4.2H2O/c1-13-10-14-6-5-8-17(20)16(19)7-3-2-4-9-22-12-15(14)18(21)11-13;;/h2-3,5-6,10-11,16-17,19-21H,4,7-9,12H2,1H3;2*1H2/b3-2-,6-5+;;. The highest BCUT2D eigenvalue weighted by molar-refractivity contribution is 5.59. The fraction of sp³-hybridized carbons (Fsp3) is 0.444. The third kappa shape index (κ3) is 6.43. The molecule has 0 bridgehead atoms. The molecule has 0 fully saturated rings. The van der Waals surface area contributed by atoms with Crippen LogP contribution in [0.25, 0.3) is 6.08 Å². The lowest BCUT2D eigenvalue weighted by molar-refractivity contribution is 0.0238. The number of hydrogen-bond acceptors (Lipinski definition) is 4. The van der Waals surface area contributed by atoms with Crippen LogP contribution in [0.15, 0.2) is 30.4 Å². The van der Waals surface area contributed by atoms with E-state index < -0.39 is 12.2 Å². The van der Waals surface area contributed by atoms with Gasteiger partial charge < -0.3 is 31.0 Å². The zero-order valence-electron chi connectivity index (χ0n) is 13.9. The van der Waals surface area contributed by atoms with Gasteiger partial charge in [0.05, 0.1) is 25.4 Å². The van der Waals surface area contributed by atoms with Crippen LogP contribution in [0.2, 0.25) is 0 Å². The van der Waals surface area contributed by atoms with Crippen molar-refractivity contribution in [3.63, 3.8) is 0 Å². The molecule has 6 heteroatoms. The predicted molar refractivity (Wildman–Crippen MR) is 93.8 cm³/mol. The van der Waals surface area contributed by atoms with Crippen LogP contribution in [0, 0.1) is 6.92 Å². The van der Waals surface area contributed by atoms with Crippen molar-refractivity contribution in [2.24, 2.45) is 0 Å². The van der Waals surface area contributed by atoms with Gasteiger partial charge in [-0.15, -0.1) is 0 Å². The molecule has 0 aromatic heterocycles. The number of aryl methyl sites for hydroxylation is 1. The normalized spacial score (nSPS) is 24.5. The van der Waals surface area contributed by atoms with E-state index in [1.54, 1.807) is 6.07 Å². The summed E-state index contributed by atoms with van der Waals surface area (Å²) in [5.74, 6) is 0.225. The maximum absolute atomic E-state index is 10.1. The maximum atomic E-state index is 10.1. The topological polar surface area (TPSA) is 133 Å². The number of hydrogen-bond donors (Lipinski definition) is 3. The molecule has 136 valence electrons. The Hall–Kier alpha value is -1.70. The molecule has 0 spiro atoms. The molecule has 0 aliphatic carbocycles. The zero-order valence-corrected chi connectivity index (χ0v) is 13.9. The molecule has 0 amide bonds. The Balaban J connectivity index is 0.00000264. The van der Waals surface area contributed by atoms with Crippen molar-refractivity contribution < 1.29 is 31.0 Å². The molecular weight excluding hydrogens is 312 g/mol. The Morgan fingerprint density at radius 2 is 1.67 bits per heavy atom. The van der Waals surface area contributed by atoms with Gasteiger partial charge in [0, 0.05) is 5.56 Å². The molecule has 1 aliphatic rings. The van der Waals surface area contributed by atoms with E-state index in [4.69, 9.17) is 4.74 Å². The largest absolute Gasteiger partial charge is 0.508 e. The van der Waals surface area contributed by atoms with E-state index in [0.717, 1.165) is 23.1 Å². The zero-order chi connectivity index (χ0) is 15.9. The number of rotatable bonds is 0. The number of phenols is 1. The summed E-state index contributed by atoms with van der Waals surface area (Å²) in [5.41, 5.74) is 2.59. The smallest absolute Gasteiger partial charge is 0.121 e. The Bertz CT molecular complexity index is 553. The van der Waals surface area contributed by atoms with Gasteiger partial charge in [-0.2, -0.15) is 0 Å². The first-order chi connectivity index (χ1) is 10.6. The minimum Gasteiger partial charge on any atom is -0.508 e. The number of benzene rings is 1. The average molecular weight is 340 g/mol. The Morgan fingerprint density at radius 1 is 1.00 bits per heavy atom. The number of fused-ring (bicyclic) bond motifs is 1. The predicted octanol–water partition coefficient (Wildman–Crippen LogP) is 1.04. The third-order valence-electron chi connectivity index (χ3n) is 3.74. The summed E-state index contributed by atoms with van der Waals surface area (Å²) in [6.45, 7) is 2.82. The van der Waals surface area contributed by atoms with Crippen molar-refractivity contribution in [3.05, 3.63) is 47.1 Å². The van der Waals surface area contributed by atoms with Crippen LogP contribution in [0.5, 0.6) is 5.75 Å². The lowest BCUT2D eigenvalue weighted by Crippen LogP contribution is -2.24. The molecule has 0 radical (unpaired) electrons. The fourth-order valence-electron chi connectivity index (χ4n) is 2.46. The second-order valence-electron chi connectivity index (χ2n) is 5.67. The van der Waals surface area contributed by atoms with Crippen molar-refractivity contribution in [3.8, 4) is 5.75 Å². The quantitative estimate of drug-likeness (QED) is 0.608. The van der Waals surface area contributed by atoms with Crippen LogP contribution in [0.3, 0.4) is 0 Å². The Morgan fingerprint density at radius 3 is 2.38 bits per heavy atom. The van der Waals surface area contributed by atoms with Crippen LogP contribution in [0.1, 0.15) is 36.0 Å². The Labute approximate surface area is 142 Å². The van der Waals surface area contributed by atoms with E-state index >= 15 is 0 Å². The van der Waals surface area contributed by atoms with Gasteiger partial charge in [0.1, 0.15) is 5.75 Å². The molecule has 0 saturated heterocycles. The molecule has 1 aliphatic heterocycles. The van der Waals surface area contributed by atoms with Crippen LogP contribution in [0.4, 0.5) is 0 Å². The summed E-state index contributed by atoms with van der Waals surface area (Å²) in [4.78, 5) is 0. The minimum atomic E-state index is -0.790. The molecule has 1 aromatic carbocycles. The van der Waals surface area contributed by atoms with Gasteiger partial charge in [-0.3, -0.25) is 0 Å². The molecule has 2 unspecified atom stereocenters. The molecule has 2 atom stereocenters. The number of aliphatic hydroxyl groups excluding tert-OH is 2. The van der Waals surface area contributed by atoms with E-state index in [1.165, 1.54) is 0 Å². The fourth-order valence-corrected chi connectivity index (χ4v) is 2.46. The van der Waals surface area contributed by atoms with E-state index in [9.17, 15) is 15.3 Å². The van der Waals surface area contributed by atoms with Gasteiger partial charge in [-0.05, 0) is 43.4 Å². The van der Waals surface area contributed by atoms with Crippen LogP contribution < -0.4 is 0 Å².